The molecule has 0 fully saturated rings. The van der Waals surface area contributed by atoms with Crippen molar-refractivity contribution < 1.29 is 43.1 Å². The van der Waals surface area contributed by atoms with Crippen LogP contribution in [0.4, 0.5) is 0 Å². The average Bonchev–Trinajstić information content (AvgIpc) is 2.74. The first-order chi connectivity index (χ1) is 15.5. The summed E-state index contributed by atoms with van der Waals surface area (Å²) in [5.41, 5.74) is 2.33. The van der Waals surface area contributed by atoms with Gasteiger partial charge in [0.2, 0.25) is 0 Å². The second kappa shape index (κ2) is 21.2. The molecule has 0 radical (unpaired) electrons. The number of nitrogens with zero attached hydrogens (tertiary/aromatic N) is 1. The quantitative estimate of drug-likeness (QED) is 0.241. The molecule has 0 heterocycles. The Morgan fingerprint density at radius 3 is 1.85 bits per heavy atom. The van der Waals surface area contributed by atoms with Crippen molar-refractivity contribution in [1.29, 1.82) is 0 Å². The number of aliphatic hydroxyl groups is 1. The van der Waals surface area contributed by atoms with Gasteiger partial charge in [-0.15, -0.1) is 0 Å². The van der Waals surface area contributed by atoms with Crippen LogP contribution < -0.4 is 29.6 Å². The van der Waals surface area contributed by atoms with E-state index in [4.69, 9.17) is 16.9 Å². The topological polar surface area (TPSA) is 68.5 Å². The van der Waals surface area contributed by atoms with Crippen molar-refractivity contribution in [2.24, 2.45) is 17.8 Å². The van der Waals surface area contributed by atoms with Gasteiger partial charge >= 0.3 is 29.6 Å². The van der Waals surface area contributed by atoms with Gasteiger partial charge in [0, 0.05) is 4.90 Å². The van der Waals surface area contributed by atoms with E-state index >= 15 is 0 Å². The summed E-state index contributed by atoms with van der Waals surface area (Å²) in [6.07, 6.45) is 14.1. The van der Waals surface area contributed by atoms with Gasteiger partial charge in [-0.05, 0) is 56.6 Å². The Balaban J connectivity index is 0. The van der Waals surface area contributed by atoms with Crippen LogP contribution >= 0.6 is 11.8 Å². The first-order valence-electron chi connectivity index (χ1n) is 12.4. The Kier molecular flexibility index (Phi) is 22.7. The number of sulfonamides is 1. The van der Waals surface area contributed by atoms with E-state index in [-0.39, 0.29) is 41.1 Å². The predicted octanol–water partition coefficient (Wildman–Crippen LogP) is 5.58. The van der Waals surface area contributed by atoms with Gasteiger partial charge in [0.15, 0.2) is 0 Å². The van der Waals surface area contributed by atoms with Crippen LogP contribution in [0.1, 0.15) is 98.0 Å². The fraction of sp³-hybridized carbons (Fsp3) is 0.704. The van der Waals surface area contributed by atoms with Crippen LogP contribution in [0.2, 0.25) is 0 Å². The maximum atomic E-state index is 11.0. The van der Waals surface area contributed by atoms with E-state index in [2.05, 4.69) is 38.9 Å². The predicted molar refractivity (Wildman–Crippen MR) is 143 cm³/mol. The fourth-order valence-corrected chi connectivity index (χ4v) is 4.51. The van der Waals surface area contributed by atoms with Gasteiger partial charge in [0.1, 0.15) is 10.0 Å². The van der Waals surface area contributed by atoms with Crippen LogP contribution in [-0.2, 0) is 10.0 Å². The molecule has 1 aromatic rings. The smallest absolute Gasteiger partial charge is 0.458 e. The molecule has 0 amide bonds. The second-order valence-electron chi connectivity index (χ2n) is 9.95. The maximum absolute atomic E-state index is 11.0. The third-order valence-electron chi connectivity index (χ3n) is 5.99. The Morgan fingerprint density at radius 2 is 1.41 bits per heavy atom. The van der Waals surface area contributed by atoms with Crippen molar-refractivity contribution in [2.45, 2.75) is 104 Å². The monoisotopic (exact) mass is 523 g/mol. The largest absolute Gasteiger partial charge is 1.00 e. The maximum Gasteiger partial charge on any atom is 1.00 e. The third-order valence-corrected chi connectivity index (χ3v) is 7.58. The summed E-state index contributed by atoms with van der Waals surface area (Å²) >= 11 is 4.90. The summed E-state index contributed by atoms with van der Waals surface area (Å²) < 4.78 is 24.8. The number of halogens is 1. The molecule has 2 atom stereocenters. The minimum absolute atomic E-state index is 0. The first kappa shape index (κ1) is 36.3. The molecule has 0 aliphatic carbocycles. The van der Waals surface area contributed by atoms with Crippen molar-refractivity contribution in [2.75, 3.05) is 6.61 Å². The van der Waals surface area contributed by atoms with Crippen molar-refractivity contribution >= 4 is 21.8 Å². The van der Waals surface area contributed by atoms with Crippen molar-refractivity contribution in [1.82, 2.24) is 0 Å². The molecule has 1 aromatic carbocycles. The zero-order chi connectivity index (χ0) is 25.3. The molecular weight excluding hydrogens is 477 g/mol. The molecule has 4 nitrogen and oxygen atoms in total. The van der Waals surface area contributed by atoms with Gasteiger partial charge in [-0.2, -0.15) is 0 Å². The minimum atomic E-state index is -3.62. The van der Waals surface area contributed by atoms with Gasteiger partial charge < -0.3 is 9.35 Å². The molecule has 0 aromatic heterocycles. The molecule has 0 aliphatic rings. The zero-order valence-corrected chi connectivity index (χ0v) is 26.3. The molecular formula is C27H47ClNNaO3S. The van der Waals surface area contributed by atoms with Crippen LogP contribution in [0, 0.1) is 24.7 Å². The van der Waals surface area contributed by atoms with E-state index in [0.717, 1.165) is 29.7 Å². The fourth-order valence-electron chi connectivity index (χ4n) is 3.72. The van der Waals surface area contributed by atoms with E-state index in [1.165, 1.54) is 69.1 Å². The normalized spacial score (nSPS) is 13.6. The average molecular weight is 524 g/mol. The van der Waals surface area contributed by atoms with E-state index in [1.54, 1.807) is 12.1 Å². The molecule has 0 saturated carbocycles. The molecule has 0 unspecified atom stereocenters. The summed E-state index contributed by atoms with van der Waals surface area (Å²) in [6, 6.07) is 6.32. The van der Waals surface area contributed by atoms with Gasteiger partial charge in [-0.25, -0.2) is 8.42 Å². The molecule has 7 heteroatoms. The summed E-state index contributed by atoms with van der Waals surface area (Å²) in [6.45, 7) is 13.7. The Hall–Kier alpha value is 0.120. The Labute approximate surface area is 237 Å². The van der Waals surface area contributed by atoms with E-state index < -0.39 is 10.0 Å². The summed E-state index contributed by atoms with van der Waals surface area (Å²) in [4.78, 5) is 0.114. The summed E-state index contributed by atoms with van der Waals surface area (Å²) in [5.74, 6) is 2.63. The zero-order valence-electron chi connectivity index (χ0n) is 22.7. The van der Waals surface area contributed by atoms with Crippen LogP contribution in [0.5, 0.6) is 0 Å². The Morgan fingerprint density at radius 1 is 0.941 bits per heavy atom. The first-order valence-corrected chi connectivity index (χ1v) is 14.2. The van der Waals surface area contributed by atoms with Crippen LogP contribution in [0.25, 0.3) is 4.24 Å². The van der Waals surface area contributed by atoms with Crippen molar-refractivity contribution in [3.05, 3.63) is 45.7 Å². The number of allylic oxidation sites excluding steroid dienone is 1. The van der Waals surface area contributed by atoms with E-state index in [1.807, 2.05) is 13.0 Å². The van der Waals surface area contributed by atoms with Crippen molar-refractivity contribution in [3.8, 4) is 0 Å². The van der Waals surface area contributed by atoms with Crippen molar-refractivity contribution in [3.63, 3.8) is 0 Å². The molecule has 34 heavy (non-hydrogen) atoms. The number of rotatable bonds is 15. The molecule has 0 aliphatic heterocycles. The molecule has 0 bridgehead atoms. The summed E-state index contributed by atoms with van der Waals surface area (Å²) in [7, 11) is -3.62. The number of aryl methyl sites for hydroxylation is 1. The third kappa shape index (κ3) is 19.3. The van der Waals surface area contributed by atoms with Crippen LogP contribution in [-0.4, -0.2) is 20.1 Å². The standard InChI is InChI=1S/C20H40O.C7H7ClNO2S.Na/c1-17(2)9-6-10-18(3)11-7-12-19(4)13-8-14-20(5)15-16-21;1-6-2-4-7(5-3-6)12(10,11)9-8;/h15,17-19,21H,6-14,16H2,1-5H3;2-5H,1H3;/q;-1;+1/b20-15+;;/t18-,19-;;/m1../s1. The molecule has 1 N–H and O–H groups in total. The van der Waals surface area contributed by atoms with Gasteiger partial charge in [-0.1, -0.05) is 102 Å². The number of benzene rings is 1. The summed E-state index contributed by atoms with van der Waals surface area (Å²) in [5, 5.41) is 8.83. The SMILES string of the molecule is C/C(=C\CO)CCC[C@H](C)CCC[C@H](C)CCCC(C)C.Cc1ccc(S(=O)(=O)[N-]Cl)cc1.[Na+]. The molecule has 1 rings (SSSR count). The Bertz CT molecular complexity index is 752. The van der Waals surface area contributed by atoms with Crippen LogP contribution in [0.15, 0.2) is 40.8 Å². The molecule has 0 saturated heterocycles. The van der Waals surface area contributed by atoms with Crippen LogP contribution in [0.3, 0.4) is 0 Å². The molecule has 0 spiro atoms. The van der Waals surface area contributed by atoms with Gasteiger partial charge in [0.25, 0.3) is 0 Å². The molecule has 192 valence electrons. The van der Waals surface area contributed by atoms with Gasteiger partial charge in [0.05, 0.1) is 6.61 Å². The van der Waals surface area contributed by atoms with E-state index in [9.17, 15) is 8.42 Å². The number of hydrogen-bond donors (Lipinski definition) is 1. The van der Waals surface area contributed by atoms with E-state index in [0.29, 0.717) is 0 Å². The minimum Gasteiger partial charge on any atom is -0.458 e. The second-order valence-corrected chi connectivity index (χ2v) is 11.9. The number of aliphatic hydroxyl groups excluding tert-OH is 1. The number of hydrogen-bond acceptors (Lipinski definition) is 3. The van der Waals surface area contributed by atoms with Gasteiger partial charge in [-0.3, -0.25) is 11.8 Å².